The van der Waals surface area contributed by atoms with E-state index in [-0.39, 0.29) is 11.8 Å². The highest BCUT2D eigenvalue weighted by molar-refractivity contribution is 9.10. The minimum atomic E-state index is -0.984. The van der Waals surface area contributed by atoms with E-state index in [2.05, 4.69) is 26.6 Å². The molecule has 1 fully saturated rings. The van der Waals surface area contributed by atoms with Crippen molar-refractivity contribution in [2.24, 2.45) is 5.41 Å². The van der Waals surface area contributed by atoms with Gasteiger partial charge in [-0.05, 0) is 55.3 Å². The molecule has 2 aromatic carbocycles. The van der Waals surface area contributed by atoms with Gasteiger partial charge in [-0.1, -0.05) is 33.6 Å². The normalized spacial score (nSPS) is 14.9. The highest BCUT2D eigenvalue weighted by Crippen LogP contribution is 2.47. The van der Waals surface area contributed by atoms with Gasteiger partial charge in [0.2, 0.25) is 11.8 Å². The van der Waals surface area contributed by atoms with Crippen molar-refractivity contribution in [2.75, 3.05) is 10.6 Å². The first kappa shape index (κ1) is 16.0. The number of rotatable bonds is 4. The summed E-state index contributed by atoms with van der Waals surface area (Å²) in [7, 11) is 0. The molecule has 0 unspecified atom stereocenters. The second kappa shape index (κ2) is 6.34. The fourth-order valence-electron chi connectivity index (χ4n) is 2.28. The topological polar surface area (TPSA) is 58.2 Å². The van der Waals surface area contributed by atoms with Crippen LogP contribution >= 0.6 is 27.5 Å². The fraction of sp³-hybridized carbons (Fsp3) is 0.176. The number of amides is 2. The predicted octanol–water partition coefficient (Wildman–Crippen LogP) is 4.46. The van der Waals surface area contributed by atoms with E-state index in [1.165, 1.54) is 0 Å². The van der Waals surface area contributed by atoms with Crippen LogP contribution in [0.3, 0.4) is 0 Å². The molecule has 0 aromatic heterocycles. The van der Waals surface area contributed by atoms with Gasteiger partial charge in [-0.3, -0.25) is 9.59 Å². The van der Waals surface area contributed by atoms with Crippen molar-refractivity contribution < 1.29 is 9.59 Å². The van der Waals surface area contributed by atoms with Gasteiger partial charge in [0, 0.05) is 20.9 Å². The van der Waals surface area contributed by atoms with Crippen molar-refractivity contribution in [1.82, 2.24) is 0 Å². The maximum absolute atomic E-state index is 12.5. The summed E-state index contributed by atoms with van der Waals surface area (Å²) < 4.78 is 0.866. The van der Waals surface area contributed by atoms with Crippen LogP contribution in [0.5, 0.6) is 0 Å². The summed E-state index contributed by atoms with van der Waals surface area (Å²) in [6.07, 6.45) is 1.10. The zero-order valence-corrected chi connectivity index (χ0v) is 14.4. The minimum Gasteiger partial charge on any atom is -0.325 e. The summed E-state index contributed by atoms with van der Waals surface area (Å²) in [5.74, 6) is -0.561. The number of anilines is 2. The third-order valence-electron chi connectivity index (χ3n) is 3.80. The second-order valence-corrected chi connectivity index (χ2v) is 6.86. The Morgan fingerprint density at radius 2 is 1.57 bits per heavy atom. The Balaban J connectivity index is 1.69. The van der Waals surface area contributed by atoms with Gasteiger partial charge < -0.3 is 10.6 Å². The van der Waals surface area contributed by atoms with Crippen LogP contribution in [0.1, 0.15) is 12.8 Å². The molecule has 2 N–H and O–H groups in total. The number of halogens is 2. The zero-order valence-electron chi connectivity index (χ0n) is 12.1. The third kappa shape index (κ3) is 3.57. The highest BCUT2D eigenvalue weighted by atomic mass is 79.9. The molecule has 0 saturated heterocycles. The summed E-state index contributed by atoms with van der Waals surface area (Å²) in [6.45, 7) is 0. The van der Waals surface area contributed by atoms with Crippen LogP contribution in [-0.2, 0) is 9.59 Å². The molecule has 1 aliphatic carbocycles. The molecule has 0 spiro atoms. The monoisotopic (exact) mass is 392 g/mol. The second-order valence-electron chi connectivity index (χ2n) is 5.51. The lowest BCUT2D eigenvalue weighted by Gasteiger charge is -2.15. The minimum absolute atomic E-state index is 0.276. The number of hydrogen-bond acceptors (Lipinski definition) is 2. The maximum atomic E-state index is 12.5. The smallest absolute Gasteiger partial charge is 0.240 e. The number of hydrogen-bond donors (Lipinski definition) is 2. The Morgan fingerprint density at radius 3 is 2.13 bits per heavy atom. The van der Waals surface area contributed by atoms with Crippen LogP contribution < -0.4 is 10.6 Å². The van der Waals surface area contributed by atoms with E-state index >= 15 is 0 Å². The molecule has 23 heavy (non-hydrogen) atoms. The Labute approximate surface area is 147 Å². The fourth-order valence-corrected chi connectivity index (χ4v) is 2.81. The SMILES string of the molecule is O=C(Nc1ccc(Cl)cc1)C1(C(=O)Nc2cccc(Br)c2)CC1. The van der Waals surface area contributed by atoms with E-state index in [1.807, 2.05) is 12.1 Å². The van der Waals surface area contributed by atoms with Crippen molar-refractivity contribution >= 4 is 50.7 Å². The van der Waals surface area contributed by atoms with E-state index < -0.39 is 5.41 Å². The van der Waals surface area contributed by atoms with Crippen molar-refractivity contribution in [3.8, 4) is 0 Å². The van der Waals surface area contributed by atoms with Gasteiger partial charge in [-0.2, -0.15) is 0 Å². The van der Waals surface area contributed by atoms with Crippen molar-refractivity contribution in [2.45, 2.75) is 12.8 Å². The number of carbonyl (C=O) groups is 2. The first-order chi connectivity index (χ1) is 11.0. The number of nitrogens with one attached hydrogen (secondary N) is 2. The summed E-state index contributed by atoms with van der Waals surface area (Å²) in [6, 6.07) is 14.1. The van der Waals surface area contributed by atoms with Crippen LogP contribution in [0.25, 0.3) is 0 Å². The molecular weight excluding hydrogens is 380 g/mol. The third-order valence-corrected chi connectivity index (χ3v) is 4.55. The molecule has 0 heterocycles. The average Bonchev–Trinajstić information content (AvgIpc) is 3.31. The molecule has 6 heteroatoms. The van der Waals surface area contributed by atoms with Gasteiger partial charge in [0.25, 0.3) is 0 Å². The largest absolute Gasteiger partial charge is 0.325 e. The van der Waals surface area contributed by atoms with Gasteiger partial charge in [0.1, 0.15) is 5.41 Å². The van der Waals surface area contributed by atoms with Crippen molar-refractivity contribution in [3.05, 3.63) is 58.0 Å². The molecule has 0 aliphatic heterocycles. The van der Waals surface area contributed by atoms with E-state index in [1.54, 1.807) is 36.4 Å². The number of benzene rings is 2. The van der Waals surface area contributed by atoms with Gasteiger partial charge in [-0.25, -0.2) is 0 Å². The molecule has 1 saturated carbocycles. The summed E-state index contributed by atoms with van der Waals surface area (Å²) in [5, 5.41) is 6.19. The van der Waals surface area contributed by atoms with Gasteiger partial charge >= 0.3 is 0 Å². The Morgan fingerprint density at radius 1 is 0.957 bits per heavy atom. The van der Waals surface area contributed by atoms with Crippen LogP contribution in [0.4, 0.5) is 11.4 Å². The molecule has 3 rings (SSSR count). The van der Waals surface area contributed by atoms with Crippen LogP contribution in [0.15, 0.2) is 53.0 Å². The van der Waals surface area contributed by atoms with Crippen LogP contribution in [0.2, 0.25) is 5.02 Å². The standard InChI is InChI=1S/C17H14BrClN2O2/c18-11-2-1-3-14(10-11)21-16(23)17(8-9-17)15(22)20-13-6-4-12(19)5-7-13/h1-7,10H,8-9H2,(H,20,22)(H,21,23). The molecule has 0 atom stereocenters. The zero-order chi connectivity index (χ0) is 16.4. The Kier molecular flexibility index (Phi) is 4.41. The summed E-state index contributed by atoms with van der Waals surface area (Å²) in [5.41, 5.74) is 0.304. The molecule has 2 aromatic rings. The maximum Gasteiger partial charge on any atom is 0.240 e. The van der Waals surface area contributed by atoms with E-state index in [9.17, 15) is 9.59 Å². The van der Waals surface area contributed by atoms with Crippen LogP contribution in [0, 0.1) is 5.41 Å². The van der Waals surface area contributed by atoms with Crippen LogP contribution in [-0.4, -0.2) is 11.8 Å². The first-order valence-electron chi connectivity index (χ1n) is 7.14. The summed E-state index contributed by atoms with van der Waals surface area (Å²) >= 11 is 9.18. The highest BCUT2D eigenvalue weighted by Gasteiger charge is 2.56. The summed E-state index contributed by atoms with van der Waals surface area (Å²) in [4.78, 5) is 25.0. The lowest BCUT2D eigenvalue weighted by atomic mass is 10.0. The van der Waals surface area contributed by atoms with Gasteiger partial charge in [0.05, 0.1) is 0 Å². The molecule has 1 aliphatic rings. The first-order valence-corrected chi connectivity index (χ1v) is 8.31. The lowest BCUT2D eigenvalue weighted by Crippen LogP contribution is -2.35. The Hall–Kier alpha value is -1.85. The Bertz CT molecular complexity index is 757. The molecule has 2 amide bonds. The van der Waals surface area contributed by atoms with Crippen molar-refractivity contribution in [1.29, 1.82) is 0 Å². The van der Waals surface area contributed by atoms with Gasteiger partial charge in [-0.15, -0.1) is 0 Å². The van der Waals surface area contributed by atoms with E-state index in [4.69, 9.17) is 11.6 Å². The molecule has 4 nitrogen and oxygen atoms in total. The predicted molar refractivity (Wildman–Crippen MR) is 94.5 cm³/mol. The van der Waals surface area contributed by atoms with Gasteiger partial charge in [0.15, 0.2) is 0 Å². The molecule has 0 bridgehead atoms. The molecular formula is C17H14BrClN2O2. The molecule has 118 valence electrons. The van der Waals surface area contributed by atoms with E-state index in [0.29, 0.717) is 29.2 Å². The average molecular weight is 394 g/mol. The van der Waals surface area contributed by atoms with E-state index in [0.717, 1.165) is 4.47 Å². The molecule has 0 radical (unpaired) electrons. The quantitative estimate of drug-likeness (QED) is 0.754. The lowest BCUT2D eigenvalue weighted by molar-refractivity contribution is -0.131. The van der Waals surface area contributed by atoms with Crippen molar-refractivity contribution in [3.63, 3.8) is 0 Å². The number of carbonyl (C=O) groups excluding carboxylic acids is 2.